The SMILES string of the molecule is Nc1ccc(F)c(-c2nnc(C3CC3)o2)c1F. The van der Waals surface area contributed by atoms with Crippen molar-refractivity contribution in [2.75, 3.05) is 5.73 Å². The van der Waals surface area contributed by atoms with Gasteiger partial charge < -0.3 is 10.2 Å². The maximum absolute atomic E-state index is 13.7. The lowest BCUT2D eigenvalue weighted by Gasteiger charge is -2.02. The van der Waals surface area contributed by atoms with Crippen LogP contribution >= 0.6 is 0 Å². The molecular weight excluding hydrogens is 228 g/mol. The van der Waals surface area contributed by atoms with E-state index in [-0.39, 0.29) is 23.1 Å². The zero-order chi connectivity index (χ0) is 12.0. The van der Waals surface area contributed by atoms with Gasteiger partial charge in [-0.2, -0.15) is 0 Å². The second-order valence-electron chi connectivity index (χ2n) is 4.05. The summed E-state index contributed by atoms with van der Waals surface area (Å²) in [7, 11) is 0. The van der Waals surface area contributed by atoms with Crippen LogP contribution in [-0.4, -0.2) is 10.2 Å². The Labute approximate surface area is 95.5 Å². The molecule has 2 aromatic rings. The number of aromatic nitrogens is 2. The molecule has 0 unspecified atom stereocenters. The van der Waals surface area contributed by atoms with Crippen LogP contribution in [0.15, 0.2) is 16.5 Å². The molecule has 17 heavy (non-hydrogen) atoms. The fraction of sp³-hybridized carbons (Fsp3) is 0.273. The molecule has 1 heterocycles. The predicted octanol–water partition coefficient (Wildman–Crippen LogP) is 2.47. The van der Waals surface area contributed by atoms with E-state index in [1.165, 1.54) is 0 Å². The highest BCUT2D eigenvalue weighted by Gasteiger charge is 2.30. The first kappa shape index (κ1) is 10.2. The van der Waals surface area contributed by atoms with E-state index in [2.05, 4.69) is 10.2 Å². The number of anilines is 1. The number of rotatable bonds is 2. The van der Waals surface area contributed by atoms with Crippen LogP contribution < -0.4 is 5.73 Å². The molecule has 1 aliphatic carbocycles. The van der Waals surface area contributed by atoms with Gasteiger partial charge >= 0.3 is 0 Å². The number of nitrogens with zero attached hydrogens (tertiary/aromatic N) is 2. The Morgan fingerprint density at radius 3 is 2.71 bits per heavy atom. The molecule has 1 saturated carbocycles. The van der Waals surface area contributed by atoms with Gasteiger partial charge in [-0.05, 0) is 25.0 Å². The van der Waals surface area contributed by atoms with Gasteiger partial charge in [-0.3, -0.25) is 0 Å². The third-order valence-electron chi connectivity index (χ3n) is 2.70. The second-order valence-corrected chi connectivity index (χ2v) is 4.05. The molecule has 0 radical (unpaired) electrons. The number of nitrogens with two attached hydrogens (primary N) is 1. The lowest BCUT2D eigenvalue weighted by molar-refractivity contribution is 0.497. The van der Waals surface area contributed by atoms with Crippen LogP contribution in [0.4, 0.5) is 14.5 Å². The van der Waals surface area contributed by atoms with Crippen LogP contribution in [0.25, 0.3) is 11.5 Å². The molecule has 1 aliphatic rings. The fourth-order valence-electron chi connectivity index (χ4n) is 1.60. The minimum atomic E-state index is -0.865. The topological polar surface area (TPSA) is 64.9 Å². The summed E-state index contributed by atoms with van der Waals surface area (Å²) in [6.07, 6.45) is 1.95. The Kier molecular flexibility index (Phi) is 2.10. The summed E-state index contributed by atoms with van der Waals surface area (Å²) in [4.78, 5) is 0. The summed E-state index contributed by atoms with van der Waals surface area (Å²) in [5.41, 5.74) is 4.87. The van der Waals surface area contributed by atoms with Gasteiger partial charge in [0.1, 0.15) is 11.4 Å². The van der Waals surface area contributed by atoms with Crippen LogP contribution in [0.1, 0.15) is 24.7 Å². The maximum Gasteiger partial charge on any atom is 0.253 e. The van der Waals surface area contributed by atoms with Crippen molar-refractivity contribution in [3.05, 3.63) is 29.7 Å². The molecule has 1 fully saturated rings. The number of hydrogen-bond donors (Lipinski definition) is 1. The smallest absolute Gasteiger partial charge is 0.253 e. The van der Waals surface area contributed by atoms with Gasteiger partial charge in [-0.15, -0.1) is 10.2 Å². The van der Waals surface area contributed by atoms with E-state index in [9.17, 15) is 8.78 Å². The third kappa shape index (κ3) is 1.65. The highest BCUT2D eigenvalue weighted by atomic mass is 19.1. The van der Waals surface area contributed by atoms with E-state index in [0.29, 0.717) is 5.89 Å². The van der Waals surface area contributed by atoms with Gasteiger partial charge in [0.05, 0.1) is 5.69 Å². The van der Waals surface area contributed by atoms with Crippen molar-refractivity contribution in [2.45, 2.75) is 18.8 Å². The lowest BCUT2D eigenvalue weighted by Crippen LogP contribution is -1.96. The van der Waals surface area contributed by atoms with Crippen LogP contribution in [0.3, 0.4) is 0 Å². The minimum absolute atomic E-state index is 0.146. The zero-order valence-electron chi connectivity index (χ0n) is 8.78. The van der Waals surface area contributed by atoms with E-state index in [1.54, 1.807) is 0 Å². The summed E-state index contributed by atoms with van der Waals surface area (Å²) in [5, 5.41) is 7.43. The number of nitrogen functional groups attached to an aromatic ring is 1. The highest BCUT2D eigenvalue weighted by molar-refractivity contribution is 5.62. The molecule has 6 heteroatoms. The van der Waals surface area contributed by atoms with Crippen LogP contribution in [0.2, 0.25) is 0 Å². The molecule has 1 aromatic carbocycles. The quantitative estimate of drug-likeness (QED) is 0.815. The van der Waals surface area contributed by atoms with E-state index in [4.69, 9.17) is 10.2 Å². The summed E-state index contributed by atoms with van der Waals surface area (Å²) in [6, 6.07) is 2.24. The van der Waals surface area contributed by atoms with Crippen LogP contribution in [0, 0.1) is 11.6 Å². The molecule has 0 aliphatic heterocycles. The van der Waals surface area contributed by atoms with Crippen molar-refractivity contribution in [1.82, 2.24) is 10.2 Å². The molecule has 4 nitrogen and oxygen atoms in total. The average molecular weight is 237 g/mol. The molecule has 0 spiro atoms. The first-order valence-electron chi connectivity index (χ1n) is 5.24. The zero-order valence-corrected chi connectivity index (χ0v) is 8.78. The van der Waals surface area contributed by atoms with Crippen molar-refractivity contribution in [3.8, 4) is 11.5 Å². The minimum Gasteiger partial charge on any atom is -0.420 e. The van der Waals surface area contributed by atoms with Crippen molar-refractivity contribution >= 4 is 5.69 Å². The number of hydrogen-bond acceptors (Lipinski definition) is 4. The second kappa shape index (κ2) is 3.51. The third-order valence-corrected chi connectivity index (χ3v) is 2.70. The molecule has 0 saturated heterocycles. The van der Waals surface area contributed by atoms with E-state index < -0.39 is 11.6 Å². The largest absolute Gasteiger partial charge is 0.420 e. The standard InChI is InChI=1S/C11H9F2N3O/c12-6-3-4-7(14)9(13)8(6)11-16-15-10(17-11)5-1-2-5/h3-5H,1-2,14H2. The van der Waals surface area contributed by atoms with Crippen LogP contribution in [0.5, 0.6) is 0 Å². The summed E-state index contributed by atoms with van der Waals surface area (Å²) in [6.45, 7) is 0. The summed E-state index contributed by atoms with van der Waals surface area (Å²) >= 11 is 0. The Balaban J connectivity index is 2.10. The summed E-state index contributed by atoms with van der Waals surface area (Å²) in [5.74, 6) is -1.11. The molecule has 1 aromatic heterocycles. The van der Waals surface area contributed by atoms with E-state index >= 15 is 0 Å². The Morgan fingerprint density at radius 2 is 2.00 bits per heavy atom. The molecule has 2 N–H and O–H groups in total. The van der Waals surface area contributed by atoms with Crippen molar-refractivity contribution in [2.24, 2.45) is 0 Å². The normalized spacial score (nSPS) is 15.2. The monoisotopic (exact) mass is 237 g/mol. The predicted molar refractivity (Wildman–Crippen MR) is 56.0 cm³/mol. The Morgan fingerprint density at radius 1 is 1.24 bits per heavy atom. The fourth-order valence-corrected chi connectivity index (χ4v) is 1.60. The van der Waals surface area contributed by atoms with Crippen molar-refractivity contribution < 1.29 is 13.2 Å². The van der Waals surface area contributed by atoms with E-state index in [1.807, 2.05) is 0 Å². The van der Waals surface area contributed by atoms with Crippen molar-refractivity contribution in [1.29, 1.82) is 0 Å². The molecule has 88 valence electrons. The number of benzene rings is 1. The van der Waals surface area contributed by atoms with Gasteiger partial charge in [-0.25, -0.2) is 8.78 Å². The Bertz CT molecular complexity index is 578. The first-order chi connectivity index (χ1) is 8.16. The molecule has 0 bridgehead atoms. The Hall–Kier alpha value is -1.98. The van der Waals surface area contributed by atoms with Gasteiger partial charge in [0.25, 0.3) is 5.89 Å². The molecular formula is C11H9F2N3O. The molecule has 0 amide bonds. The van der Waals surface area contributed by atoms with Gasteiger partial charge in [0.2, 0.25) is 5.89 Å². The first-order valence-corrected chi connectivity index (χ1v) is 5.24. The lowest BCUT2D eigenvalue weighted by atomic mass is 10.1. The van der Waals surface area contributed by atoms with E-state index in [0.717, 1.165) is 25.0 Å². The summed E-state index contributed by atoms with van der Waals surface area (Å²) < 4.78 is 32.5. The number of halogens is 2. The van der Waals surface area contributed by atoms with Gasteiger partial charge in [0, 0.05) is 5.92 Å². The van der Waals surface area contributed by atoms with Crippen LogP contribution in [-0.2, 0) is 0 Å². The van der Waals surface area contributed by atoms with Gasteiger partial charge in [-0.1, -0.05) is 0 Å². The highest BCUT2D eigenvalue weighted by Crippen LogP contribution is 2.40. The van der Waals surface area contributed by atoms with Gasteiger partial charge in [0.15, 0.2) is 5.82 Å². The molecule has 3 rings (SSSR count). The average Bonchev–Trinajstić information content (AvgIpc) is 3.05. The van der Waals surface area contributed by atoms with Crippen molar-refractivity contribution in [3.63, 3.8) is 0 Å². The maximum atomic E-state index is 13.7. The molecule has 0 atom stereocenters.